The highest BCUT2D eigenvalue weighted by Gasteiger charge is 2.29. The molecule has 0 unspecified atom stereocenters. The maximum atomic E-state index is 11.4. The van der Waals surface area contributed by atoms with Gasteiger partial charge in [-0.25, -0.2) is 0 Å². The van der Waals surface area contributed by atoms with Crippen molar-refractivity contribution in [1.29, 1.82) is 0 Å². The van der Waals surface area contributed by atoms with Crippen molar-refractivity contribution < 1.29 is 14.7 Å². The topological polar surface area (TPSA) is 66.4 Å². The maximum Gasteiger partial charge on any atom is 0.325 e. The van der Waals surface area contributed by atoms with E-state index in [1.807, 2.05) is 0 Å². The Bertz CT molecular complexity index is 400. The van der Waals surface area contributed by atoms with Gasteiger partial charge in [0.15, 0.2) is 5.78 Å². The van der Waals surface area contributed by atoms with Crippen LogP contribution in [0.25, 0.3) is 0 Å². The summed E-state index contributed by atoms with van der Waals surface area (Å²) in [5, 5.41) is 11.6. The first-order chi connectivity index (χ1) is 6.70. The fraction of sp³-hybridized carbons (Fsp3) is 0.200. The highest BCUT2D eigenvalue weighted by Crippen LogP contribution is 2.22. The molecule has 1 aromatic carbocycles. The van der Waals surface area contributed by atoms with Crippen LogP contribution in [0.1, 0.15) is 22.0 Å². The molecule has 4 nitrogen and oxygen atoms in total. The first kappa shape index (κ1) is 8.90. The molecule has 2 rings (SSSR count). The van der Waals surface area contributed by atoms with Crippen LogP contribution < -0.4 is 5.32 Å². The Morgan fingerprint density at radius 1 is 1.43 bits per heavy atom. The Morgan fingerprint density at radius 3 is 2.86 bits per heavy atom. The zero-order valence-electron chi connectivity index (χ0n) is 7.36. The molecule has 72 valence electrons. The van der Waals surface area contributed by atoms with Gasteiger partial charge in [-0.15, -0.1) is 0 Å². The Kier molecular flexibility index (Phi) is 2.05. The second-order valence-corrected chi connectivity index (χ2v) is 3.16. The molecule has 0 bridgehead atoms. The van der Waals surface area contributed by atoms with E-state index in [0.717, 1.165) is 0 Å². The van der Waals surface area contributed by atoms with E-state index in [1.54, 1.807) is 24.3 Å². The quantitative estimate of drug-likeness (QED) is 0.682. The van der Waals surface area contributed by atoms with Gasteiger partial charge in [-0.2, -0.15) is 0 Å². The summed E-state index contributed by atoms with van der Waals surface area (Å²) in [4.78, 5) is 22.2. The monoisotopic (exact) mass is 191 g/mol. The number of hydrogen-bond acceptors (Lipinski definition) is 3. The van der Waals surface area contributed by atoms with Crippen LogP contribution >= 0.6 is 0 Å². The average Bonchev–Trinajstić information content (AvgIpc) is 2.18. The summed E-state index contributed by atoms with van der Waals surface area (Å²) >= 11 is 0. The van der Waals surface area contributed by atoms with Gasteiger partial charge in [0.25, 0.3) is 0 Å². The number of carbonyl (C=O) groups is 2. The largest absolute Gasteiger partial charge is 0.480 e. The Hall–Kier alpha value is -1.68. The van der Waals surface area contributed by atoms with E-state index < -0.39 is 12.0 Å². The van der Waals surface area contributed by atoms with Crippen LogP contribution in [0.5, 0.6) is 0 Å². The Balaban J connectivity index is 2.52. The molecule has 0 spiro atoms. The number of hydrogen-bond donors (Lipinski definition) is 2. The highest BCUT2D eigenvalue weighted by atomic mass is 16.4. The van der Waals surface area contributed by atoms with E-state index in [2.05, 4.69) is 5.32 Å². The summed E-state index contributed by atoms with van der Waals surface area (Å²) in [5.41, 5.74) is 1.06. The van der Waals surface area contributed by atoms with Crippen LogP contribution in [-0.4, -0.2) is 23.4 Å². The molecule has 0 fully saturated rings. The van der Waals surface area contributed by atoms with Gasteiger partial charge in [0.1, 0.15) is 6.04 Å². The van der Waals surface area contributed by atoms with E-state index in [4.69, 9.17) is 5.11 Å². The van der Waals surface area contributed by atoms with E-state index in [0.29, 0.717) is 11.1 Å². The van der Waals surface area contributed by atoms with Gasteiger partial charge in [-0.05, 0) is 5.56 Å². The molecular formula is C10H9NO3. The van der Waals surface area contributed by atoms with Crippen molar-refractivity contribution >= 4 is 11.8 Å². The van der Waals surface area contributed by atoms with Crippen molar-refractivity contribution in [1.82, 2.24) is 5.32 Å². The maximum absolute atomic E-state index is 11.4. The number of rotatable bonds is 1. The molecule has 0 radical (unpaired) electrons. The van der Waals surface area contributed by atoms with Crippen LogP contribution in [0.15, 0.2) is 24.3 Å². The Labute approximate surface area is 80.6 Å². The molecule has 2 N–H and O–H groups in total. The molecule has 0 aromatic heterocycles. The third-order valence-corrected chi connectivity index (χ3v) is 2.29. The van der Waals surface area contributed by atoms with Gasteiger partial charge in [0, 0.05) is 5.56 Å². The predicted molar refractivity (Wildman–Crippen MR) is 49.2 cm³/mol. The lowest BCUT2D eigenvalue weighted by molar-refractivity contribution is -0.139. The molecule has 1 aliphatic heterocycles. The predicted octanol–water partition coefficient (Wildman–Crippen LogP) is 0.598. The summed E-state index contributed by atoms with van der Waals surface area (Å²) in [7, 11) is 0. The third kappa shape index (κ3) is 1.29. The molecule has 0 saturated carbocycles. The molecule has 1 aliphatic rings. The lowest BCUT2D eigenvalue weighted by atomic mass is 9.94. The fourth-order valence-corrected chi connectivity index (χ4v) is 1.62. The molecule has 0 saturated heterocycles. The van der Waals surface area contributed by atoms with E-state index in [-0.39, 0.29) is 12.3 Å². The minimum absolute atomic E-state index is 0.0573. The summed E-state index contributed by atoms with van der Waals surface area (Å²) in [6, 6.07) is 6.03. The Morgan fingerprint density at radius 2 is 2.14 bits per heavy atom. The van der Waals surface area contributed by atoms with E-state index >= 15 is 0 Å². The number of Topliss-reactive ketones (excluding diaryl/α,β-unsaturated/α-hetero) is 1. The zero-order chi connectivity index (χ0) is 10.1. The number of carbonyl (C=O) groups excluding carboxylic acids is 1. The number of carboxylic acids is 1. The van der Waals surface area contributed by atoms with Crippen molar-refractivity contribution in [3.8, 4) is 0 Å². The average molecular weight is 191 g/mol. The van der Waals surface area contributed by atoms with Crippen molar-refractivity contribution in [3.63, 3.8) is 0 Å². The zero-order valence-corrected chi connectivity index (χ0v) is 7.36. The molecule has 1 aromatic rings. The molecule has 14 heavy (non-hydrogen) atoms. The highest BCUT2D eigenvalue weighted by molar-refractivity contribution is 6.02. The first-order valence-electron chi connectivity index (χ1n) is 4.28. The van der Waals surface area contributed by atoms with Crippen LogP contribution in [0, 0.1) is 0 Å². The number of ketones is 1. The number of aliphatic carboxylic acids is 1. The third-order valence-electron chi connectivity index (χ3n) is 2.29. The smallest absolute Gasteiger partial charge is 0.325 e. The lowest BCUT2D eigenvalue weighted by Gasteiger charge is -2.22. The van der Waals surface area contributed by atoms with E-state index in [1.165, 1.54) is 0 Å². The van der Waals surface area contributed by atoms with Crippen molar-refractivity contribution in [2.75, 3.05) is 6.54 Å². The SMILES string of the molecule is O=C1CN[C@H](C(=O)O)c2ccccc21. The van der Waals surface area contributed by atoms with Crippen molar-refractivity contribution in [2.45, 2.75) is 6.04 Å². The van der Waals surface area contributed by atoms with Gasteiger partial charge in [0.05, 0.1) is 6.54 Å². The first-order valence-corrected chi connectivity index (χ1v) is 4.28. The molecule has 0 aliphatic carbocycles. The molecule has 1 heterocycles. The summed E-state index contributed by atoms with van der Waals surface area (Å²) in [6.45, 7) is 0.0912. The number of benzene rings is 1. The van der Waals surface area contributed by atoms with Crippen molar-refractivity contribution in [2.24, 2.45) is 0 Å². The summed E-state index contributed by atoms with van der Waals surface area (Å²) in [6.07, 6.45) is 0. The number of carboxylic acid groups (broad SMARTS) is 1. The number of fused-ring (bicyclic) bond motifs is 1. The summed E-state index contributed by atoms with van der Waals surface area (Å²) in [5.74, 6) is -1.01. The lowest BCUT2D eigenvalue weighted by Crippen LogP contribution is -2.38. The second kappa shape index (κ2) is 3.23. The van der Waals surface area contributed by atoms with Crippen molar-refractivity contribution in [3.05, 3.63) is 35.4 Å². The van der Waals surface area contributed by atoms with Gasteiger partial charge < -0.3 is 5.11 Å². The molecule has 1 atom stereocenters. The summed E-state index contributed by atoms with van der Waals surface area (Å²) < 4.78 is 0. The molecule has 0 amide bonds. The minimum Gasteiger partial charge on any atom is -0.480 e. The molecule has 4 heteroatoms. The standard InChI is InChI=1S/C10H9NO3/c12-8-5-11-9(10(13)14)7-4-2-1-3-6(7)8/h1-4,9,11H,5H2,(H,13,14)/t9-/m0/s1. The fourth-order valence-electron chi connectivity index (χ4n) is 1.62. The van der Waals surface area contributed by atoms with Gasteiger partial charge >= 0.3 is 5.97 Å². The van der Waals surface area contributed by atoms with E-state index in [9.17, 15) is 9.59 Å². The second-order valence-electron chi connectivity index (χ2n) is 3.16. The van der Waals surface area contributed by atoms with Crippen LogP contribution in [-0.2, 0) is 4.79 Å². The van der Waals surface area contributed by atoms with Gasteiger partial charge in [-0.1, -0.05) is 24.3 Å². The number of nitrogens with one attached hydrogen (secondary N) is 1. The van der Waals surface area contributed by atoms with Crippen LogP contribution in [0.4, 0.5) is 0 Å². The normalized spacial score (nSPS) is 20.3. The van der Waals surface area contributed by atoms with Crippen LogP contribution in [0.2, 0.25) is 0 Å². The minimum atomic E-state index is -0.954. The van der Waals surface area contributed by atoms with Gasteiger partial charge in [-0.3, -0.25) is 14.9 Å². The van der Waals surface area contributed by atoms with Crippen LogP contribution in [0.3, 0.4) is 0 Å². The van der Waals surface area contributed by atoms with Gasteiger partial charge in [0.2, 0.25) is 0 Å². The molecular weight excluding hydrogens is 182 g/mol.